The highest BCUT2D eigenvalue weighted by Crippen LogP contribution is 2.33. The Balaban J connectivity index is 0.000000561. The van der Waals surface area contributed by atoms with Crippen LogP contribution < -0.4 is 0 Å². The molecule has 0 radical (unpaired) electrons. The minimum atomic E-state index is 0.535. The highest BCUT2D eigenvalue weighted by molar-refractivity contribution is 4.83. The second kappa shape index (κ2) is 4.86. The van der Waals surface area contributed by atoms with Crippen molar-refractivity contribution in [2.45, 2.75) is 41.0 Å². The summed E-state index contributed by atoms with van der Waals surface area (Å²) in [6.07, 6.45) is 1.36. The van der Waals surface area contributed by atoms with Crippen LogP contribution in [-0.4, -0.2) is 25.0 Å². The smallest absolute Gasteiger partial charge is 0.00322 e. The Morgan fingerprint density at radius 3 is 2.08 bits per heavy atom. The molecule has 1 atom stereocenters. The van der Waals surface area contributed by atoms with E-state index in [1.165, 1.54) is 19.5 Å². The molecule has 0 aromatic rings. The van der Waals surface area contributed by atoms with E-state index in [2.05, 4.69) is 32.7 Å². The van der Waals surface area contributed by atoms with Crippen molar-refractivity contribution in [1.29, 1.82) is 0 Å². The number of likely N-dealkylation sites (tertiary alicyclic amines) is 1. The molecule has 1 fully saturated rings. The van der Waals surface area contributed by atoms with E-state index in [1.54, 1.807) is 0 Å². The van der Waals surface area contributed by atoms with Crippen LogP contribution in [0.4, 0.5) is 0 Å². The lowest BCUT2D eigenvalue weighted by molar-refractivity contribution is 0.0830. The van der Waals surface area contributed by atoms with Crippen molar-refractivity contribution in [2.75, 3.05) is 20.1 Å². The number of hydrogen-bond acceptors (Lipinski definition) is 1. The average molecular weight is 171 g/mol. The zero-order valence-corrected chi connectivity index (χ0v) is 9.65. The third kappa shape index (κ3) is 3.14. The van der Waals surface area contributed by atoms with Gasteiger partial charge in [0.1, 0.15) is 0 Å². The number of rotatable bonds is 0. The molecule has 1 rings (SSSR count). The second-order valence-corrected chi connectivity index (χ2v) is 4.42. The number of hydrogen-bond donors (Lipinski definition) is 0. The molecule has 0 saturated carbocycles. The van der Waals surface area contributed by atoms with Gasteiger partial charge in [0.25, 0.3) is 0 Å². The average Bonchev–Trinajstić information content (AvgIpc) is 2.01. The Kier molecular flexibility index (Phi) is 4.84. The van der Waals surface area contributed by atoms with E-state index in [1.807, 2.05) is 13.8 Å². The van der Waals surface area contributed by atoms with Gasteiger partial charge in [-0.2, -0.15) is 0 Å². The lowest BCUT2D eigenvalue weighted by Crippen LogP contribution is -2.42. The van der Waals surface area contributed by atoms with Crippen molar-refractivity contribution >= 4 is 0 Å². The van der Waals surface area contributed by atoms with Crippen LogP contribution in [0.15, 0.2) is 0 Å². The van der Waals surface area contributed by atoms with Gasteiger partial charge in [0, 0.05) is 6.54 Å². The first-order chi connectivity index (χ1) is 5.52. The van der Waals surface area contributed by atoms with Gasteiger partial charge < -0.3 is 4.90 Å². The predicted octanol–water partition coefficient (Wildman–Crippen LogP) is 3.01. The fourth-order valence-electron chi connectivity index (χ4n) is 1.74. The maximum Gasteiger partial charge on any atom is 0.00322 e. The lowest BCUT2D eigenvalue weighted by atomic mass is 9.75. The molecule has 0 aromatic heterocycles. The molecule has 0 amide bonds. The third-order valence-corrected chi connectivity index (χ3v) is 2.96. The van der Waals surface area contributed by atoms with Crippen LogP contribution in [0.5, 0.6) is 0 Å². The van der Waals surface area contributed by atoms with Gasteiger partial charge in [0.15, 0.2) is 0 Å². The summed E-state index contributed by atoms with van der Waals surface area (Å²) in [5, 5.41) is 0. The van der Waals surface area contributed by atoms with Crippen molar-refractivity contribution < 1.29 is 0 Å². The Bertz CT molecular complexity index is 118. The van der Waals surface area contributed by atoms with Gasteiger partial charge in [0.05, 0.1) is 0 Å². The first-order valence-corrected chi connectivity index (χ1v) is 5.21. The van der Waals surface area contributed by atoms with E-state index in [0.29, 0.717) is 5.41 Å². The fourth-order valence-corrected chi connectivity index (χ4v) is 1.74. The quantitative estimate of drug-likeness (QED) is 0.541. The van der Waals surface area contributed by atoms with Crippen LogP contribution >= 0.6 is 0 Å². The summed E-state index contributed by atoms with van der Waals surface area (Å²) in [6.45, 7) is 13.6. The second-order valence-electron chi connectivity index (χ2n) is 4.42. The van der Waals surface area contributed by atoms with Gasteiger partial charge in [-0.15, -0.1) is 0 Å². The standard InChI is InChI=1S/C9H19N.C2H6/c1-8-5-6-10(4)7-9(8,2)3;1-2/h8H,5-7H2,1-4H3;1-2H3. The van der Waals surface area contributed by atoms with Crippen LogP contribution in [0.1, 0.15) is 41.0 Å². The Morgan fingerprint density at radius 1 is 1.25 bits per heavy atom. The van der Waals surface area contributed by atoms with E-state index >= 15 is 0 Å². The molecule has 0 aromatic carbocycles. The van der Waals surface area contributed by atoms with Crippen molar-refractivity contribution in [2.24, 2.45) is 11.3 Å². The molecular formula is C11H25N. The van der Waals surface area contributed by atoms with Gasteiger partial charge >= 0.3 is 0 Å². The van der Waals surface area contributed by atoms with Gasteiger partial charge in [-0.25, -0.2) is 0 Å². The van der Waals surface area contributed by atoms with Crippen molar-refractivity contribution in [1.82, 2.24) is 4.90 Å². The zero-order chi connectivity index (χ0) is 9.78. The van der Waals surface area contributed by atoms with Crippen molar-refractivity contribution in [3.63, 3.8) is 0 Å². The SMILES string of the molecule is CC.CC1CCN(C)CC1(C)C. The Labute approximate surface area is 78.1 Å². The fraction of sp³-hybridized carbons (Fsp3) is 1.00. The van der Waals surface area contributed by atoms with E-state index in [4.69, 9.17) is 0 Å². The van der Waals surface area contributed by atoms with Gasteiger partial charge in [0.2, 0.25) is 0 Å². The monoisotopic (exact) mass is 171 g/mol. The van der Waals surface area contributed by atoms with Crippen molar-refractivity contribution in [3.8, 4) is 0 Å². The molecule has 0 aliphatic carbocycles. The molecule has 74 valence electrons. The van der Waals surface area contributed by atoms with E-state index in [-0.39, 0.29) is 0 Å². The molecule has 0 bridgehead atoms. The summed E-state index contributed by atoms with van der Waals surface area (Å²) in [4.78, 5) is 2.43. The molecule has 0 N–H and O–H groups in total. The first-order valence-electron chi connectivity index (χ1n) is 5.21. The minimum Gasteiger partial charge on any atom is -0.306 e. The Morgan fingerprint density at radius 2 is 1.75 bits per heavy atom. The molecule has 1 unspecified atom stereocenters. The molecule has 12 heavy (non-hydrogen) atoms. The maximum atomic E-state index is 2.43. The molecular weight excluding hydrogens is 146 g/mol. The molecule has 1 saturated heterocycles. The van der Waals surface area contributed by atoms with Crippen LogP contribution in [0.3, 0.4) is 0 Å². The molecule has 1 aliphatic rings. The summed E-state index contributed by atoms with van der Waals surface area (Å²) < 4.78 is 0. The highest BCUT2D eigenvalue weighted by Gasteiger charge is 2.30. The molecule has 1 heteroatoms. The maximum absolute atomic E-state index is 2.43. The summed E-state index contributed by atoms with van der Waals surface area (Å²) in [6, 6.07) is 0. The summed E-state index contributed by atoms with van der Waals surface area (Å²) >= 11 is 0. The van der Waals surface area contributed by atoms with Gasteiger partial charge in [-0.1, -0.05) is 34.6 Å². The Hall–Kier alpha value is -0.0400. The summed E-state index contributed by atoms with van der Waals surface area (Å²) in [7, 11) is 2.22. The molecule has 0 spiro atoms. The van der Waals surface area contributed by atoms with Crippen LogP contribution in [0, 0.1) is 11.3 Å². The normalized spacial score (nSPS) is 29.0. The highest BCUT2D eigenvalue weighted by atomic mass is 15.1. The topological polar surface area (TPSA) is 3.24 Å². The minimum absolute atomic E-state index is 0.535. The van der Waals surface area contributed by atoms with Crippen LogP contribution in [0.25, 0.3) is 0 Å². The molecule has 1 aliphatic heterocycles. The largest absolute Gasteiger partial charge is 0.306 e. The number of piperidine rings is 1. The lowest BCUT2D eigenvalue weighted by Gasteiger charge is -2.41. The van der Waals surface area contributed by atoms with E-state index in [9.17, 15) is 0 Å². The van der Waals surface area contributed by atoms with Crippen molar-refractivity contribution in [3.05, 3.63) is 0 Å². The van der Waals surface area contributed by atoms with Crippen LogP contribution in [0.2, 0.25) is 0 Å². The van der Waals surface area contributed by atoms with E-state index in [0.717, 1.165) is 5.92 Å². The number of nitrogens with zero attached hydrogens (tertiary/aromatic N) is 1. The zero-order valence-electron chi connectivity index (χ0n) is 9.65. The first kappa shape index (κ1) is 12.0. The summed E-state index contributed by atoms with van der Waals surface area (Å²) in [5.74, 6) is 0.892. The van der Waals surface area contributed by atoms with Gasteiger partial charge in [-0.3, -0.25) is 0 Å². The molecule has 1 nitrogen and oxygen atoms in total. The van der Waals surface area contributed by atoms with Gasteiger partial charge in [-0.05, 0) is 31.3 Å². The van der Waals surface area contributed by atoms with Crippen LogP contribution in [-0.2, 0) is 0 Å². The predicted molar refractivity (Wildman–Crippen MR) is 56.4 cm³/mol. The summed E-state index contributed by atoms with van der Waals surface area (Å²) in [5.41, 5.74) is 0.535. The van der Waals surface area contributed by atoms with E-state index < -0.39 is 0 Å². The molecule has 1 heterocycles. The third-order valence-electron chi connectivity index (χ3n) is 2.96.